The number of halogens is 4. The molecular weight excluding hydrogens is 451 g/mol. The number of hydrogen-bond donors (Lipinski definition) is 1. The molecule has 1 aliphatic heterocycles. The molecule has 1 fully saturated rings. The smallest absolute Gasteiger partial charge is 0.416 e. The molecule has 3 aromatic rings. The van der Waals surface area contributed by atoms with E-state index in [0.717, 1.165) is 29.8 Å². The Kier molecular flexibility index (Phi) is 6.47. The molecule has 2 heterocycles. The summed E-state index contributed by atoms with van der Waals surface area (Å²) in [6.45, 7) is 6.65. The molecule has 1 N–H and O–H groups in total. The van der Waals surface area contributed by atoms with Crippen molar-refractivity contribution in [1.29, 1.82) is 0 Å². The third-order valence-electron chi connectivity index (χ3n) is 5.89. The van der Waals surface area contributed by atoms with Crippen LogP contribution in [-0.2, 0) is 11.7 Å². The number of nitrogens with zero attached hydrogens (tertiary/aromatic N) is 2. The largest absolute Gasteiger partial charge is 0.492 e. The molecule has 176 valence electrons. The standard InChI is InChI=1S/C25H27ClF3N3O/c1-24(2,3)32-13-12-22(31-32)21-14-19(15-33-20-10-8-18(26)9-11-20)30-23(21)16-4-6-17(7-5-16)25(27,28)29/h4-13,19,21,23,30H,14-15H2,1-3H3/t19-,21?,23-/m0/s1. The first kappa shape index (κ1) is 23.6. The van der Waals surface area contributed by atoms with Crippen LogP contribution in [0.25, 0.3) is 0 Å². The van der Waals surface area contributed by atoms with E-state index in [1.165, 1.54) is 0 Å². The molecule has 1 saturated heterocycles. The molecule has 0 aliphatic carbocycles. The summed E-state index contributed by atoms with van der Waals surface area (Å²) in [5.74, 6) is 0.719. The Hall–Kier alpha value is -2.51. The first-order valence-corrected chi connectivity index (χ1v) is 11.3. The number of nitrogens with one attached hydrogen (secondary N) is 1. The van der Waals surface area contributed by atoms with Gasteiger partial charge < -0.3 is 10.1 Å². The molecule has 3 atom stereocenters. The summed E-state index contributed by atoms with van der Waals surface area (Å²) in [4.78, 5) is 0. The Bertz CT molecular complexity index is 1070. The van der Waals surface area contributed by atoms with Gasteiger partial charge in [-0.05, 0) is 75.2 Å². The summed E-state index contributed by atoms with van der Waals surface area (Å²) in [6, 6.07) is 14.4. The zero-order valence-corrected chi connectivity index (χ0v) is 19.5. The van der Waals surface area contributed by atoms with E-state index >= 15 is 0 Å². The van der Waals surface area contributed by atoms with Crippen molar-refractivity contribution in [2.75, 3.05) is 6.61 Å². The summed E-state index contributed by atoms with van der Waals surface area (Å²) in [7, 11) is 0. The fraction of sp³-hybridized carbons (Fsp3) is 0.400. The maximum absolute atomic E-state index is 13.0. The molecular formula is C25H27ClF3N3O. The molecule has 4 nitrogen and oxygen atoms in total. The second-order valence-electron chi connectivity index (χ2n) is 9.42. The van der Waals surface area contributed by atoms with E-state index in [-0.39, 0.29) is 23.5 Å². The summed E-state index contributed by atoms with van der Waals surface area (Å²) >= 11 is 5.94. The normalized spacial score (nSPS) is 21.4. The maximum Gasteiger partial charge on any atom is 0.416 e. The number of ether oxygens (including phenoxy) is 1. The number of rotatable bonds is 5. The average Bonchev–Trinajstić information content (AvgIpc) is 3.40. The molecule has 1 unspecified atom stereocenters. The third-order valence-corrected chi connectivity index (χ3v) is 6.15. The minimum Gasteiger partial charge on any atom is -0.492 e. The van der Waals surface area contributed by atoms with Crippen LogP contribution in [-0.4, -0.2) is 22.4 Å². The number of hydrogen-bond acceptors (Lipinski definition) is 3. The van der Waals surface area contributed by atoms with Gasteiger partial charge in [0.2, 0.25) is 0 Å². The van der Waals surface area contributed by atoms with Crippen LogP contribution in [0.2, 0.25) is 5.02 Å². The van der Waals surface area contributed by atoms with Crippen LogP contribution in [0.5, 0.6) is 5.75 Å². The van der Waals surface area contributed by atoms with Gasteiger partial charge >= 0.3 is 6.18 Å². The van der Waals surface area contributed by atoms with E-state index in [2.05, 4.69) is 26.1 Å². The zero-order valence-electron chi connectivity index (χ0n) is 18.7. The highest BCUT2D eigenvalue weighted by Gasteiger charge is 2.38. The van der Waals surface area contributed by atoms with Crippen molar-refractivity contribution in [2.24, 2.45) is 0 Å². The predicted molar refractivity (Wildman–Crippen MR) is 123 cm³/mol. The molecule has 8 heteroatoms. The Balaban J connectivity index is 1.57. The SMILES string of the molecule is CC(C)(C)n1ccc(C2C[C@@H](COc3ccc(Cl)cc3)N[C@H]2c2ccc(C(F)(F)F)cc2)n1. The van der Waals surface area contributed by atoms with Crippen LogP contribution >= 0.6 is 11.6 Å². The molecule has 4 rings (SSSR count). The van der Waals surface area contributed by atoms with E-state index in [4.69, 9.17) is 21.4 Å². The molecule has 1 aromatic heterocycles. The van der Waals surface area contributed by atoms with Crippen molar-refractivity contribution >= 4 is 11.6 Å². The molecule has 0 amide bonds. The van der Waals surface area contributed by atoms with Gasteiger partial charge in [-0.25, -0.2) is 0 Å². The van der Waals surface area contributed by atoms with E-state index in [9.17, 15) is 13.2 Å². The third kappa shape index (κ3) is 5.53. The Labute approximate surface area is 196 Å². The zero-order chi connectivity index (χ0) is 23.8. The van der Waals surface area contributed by atoms with Gasteiger partial charge in [-0.1, -0.05) is 23.7 Å². The van der Waals surface area contributed by atoms with Gasteiger partial charge in [0.25, 0.3) is 0 Å². The lowest BCUT2D eigenvalue weighted by Crippen LogP contribution is -2.30. The summed E-state index contributed by atoms with van der Waals surface area (Å²) in [6.07, 6.45) is -1.65. The fourth-order valence-electron chi connectivity index (χ4n) is 4.13. The molecule has 0 saturated carbocycles. The van der Waals surface area contributed by atoms with Crippen molar-refractivity contribution in [3.63, 3.8) is 0 Å². The molecule has 0 spiro atoms. The monoisotopic (exact) mass is 477 g/mol. The van der Waals surface area contributed by atoms with Crippen molar-refractivity contribution in [3.8, 4) is 5.75 Å². The Morgan fingerprint density at radius 1 is 1.03 bits per heavy atom. The molecule has 1 aliphatic rings. The number of alkyl halides is 3. The van der Waals surface area contributed by atoms with Crippen molar-refractivity contribution < 1.29 is 17.9 Å². The summed E-state index contributed by atoms with van der Waals surface area (Å²) in [5.41, 5.74) is 0.898. The van der Waals surface area contributed by atoms with Crippen LogP contribution < -0.4 is 10.1 Å². The highest BCUT2D eigenvalue weighted by molar-refractivity contribution is 6.30. The highest BCUT2D eigenvalue weighted by Crippen LogP contribution is 2.41. The van der Waals surface area contributed by atoms with Gasteiger partial charge in [-0.3, -0.25) is 4.68 Å². The van der Waals surface area contributed by atoms with Gasteiger partial charge in [0.05, 0.1) is 16.8 Å². The highest BCUT2D eigenvalue weighted by atomic mass is 35.5. The van der Waals surface area contributed by atoms with Crippen molar-refractivity contribution in [2.45, 2.75) is 56.9 Å². The van der Waals surface area contributed by atoms with Crippen molar-refractivity contribution in [3.05, 3.63) is 82.6 Å². The van der Waals surface area contributed by atoms with Gasteiger partial charge in [-0.15, -0.1) is 0 Å². The van der Waals surface area contributed by atoms with Crippen LogP contribution in [0.4, 0.5) is 13.2 Å². The van der Waals surface area contributed by atoms with Gasteiger partial charge in [0.1, 0.15) is 12.4 Å². The van der Waals surface area contributed by atoms with Gasteiger partial charge in [-0.2, -0.15) is 18.3 Å². The molecule has 2 aromatic carbocycles. The molecule has 33 heavy (non-hydrogen) atoms. The van der Waals surface area contributed by atoms with E-state index in [1.807, 2.05) is 29.1 Å². The summed E-state index contributed by atoms with van der Waals surface area (Å²) in [5, 5.41) is 9.00. The van der Waals surface area contributed by atoms with Crippen LogP contribution in [0, 0.1) is 0 Å². The minimum atomic E-state index is -4.36. The molecule has 0 radical (unpaired) electrons. The molecule has 0 bridgehead atoms. The van der Waals surface area contributed by atoms with Crippen LogP contribution in [0.3, 0.4) is 0 Å². The minimum absolute atomic E-state index is 0.00385. The van der Waals surface area contributed by atoms with Crippen LogP contribution in [0.15, 0.2) is 60.8 Å². The fourth-order valence-corrected chi connectivity index (χ4v) is 4.26. The van der Waals surface area contributed by atoms with Crippen LogP contribution in [0.1, 0.15) is 56.0 Å². The predicted octanol–water partition coefficient (Wildman–Crippen LogP) is 6.58. The van der Waals surface area contributed by atoms with Crippen molar-refractivity contribution in [1.82, 2.24) is 15.1 Å². The van der Waals surface area contributed by atoms with E-state index < -0.39 is 11.7 Å². The quantitative estimate of drug-likeness (QED) is 0.451. The second kappa shape index (κ2) is 9.03. The number of aromatic nitrogens is 2. The lowest BCUT2D eigenvalue weighted by atomic mass is 9.90. The lowest BCUT2D eigenvalue weighted by Gasteiger charge is -2.21. The van der Waals surface area contributed by atoms with E-state index in [1.54, 1.807) is 24.3 Å². The number of benzene rings is 2. The van der Waals surface area contributed by atoms with Gasteiger partial charge in [0.15, 0.2) is 0 Å². The average molecular weight is 478 g/mol. The Morgan fingerprint density at radius 2 is 1.70 bits per heavy atom. The maximum atomic E-state index is 13.0. The lowest BCUT2D eigenvalue weighted by molar-refractivity contribution is -0.137. The summed E-state index contributed by atoms with van der Waals surface area (Å²) < 4.78 is 47.0. The van der Waals surface area contributed by atoms with E-state index in [0.29, 0.717) is 17.4 Å². The first-order chi connectivity index (χ1) is 15.5. The Morgan fingerprint density at radius 3 is 2.27 bits per heavy atom. The second-order valence-corrected chi connectivity index (χ2v) is 9.86. The first-order valence-electron chi connectivity index (χ1n) is 10.9. The topological polar surface area (TPSA) is 39.1 Å². The van der Waals surface area contributed by atoms with Gasteiger partial charge in [0, 0.05) is 29.2 Å².